The van der Waals surface area contributed by atoms with Crippen LogP contribution in [0.5, 0.6) is 5.75 Å². The topological polar surface area (TPSA) is 20.2 Å². The maximum absolute atomic E-state index is 10.7. The van der Waals surface area contributed by atoms with Crippen LogP contribution in [0.15, 0.2) is 72.8 Å². The Morgan fingerprint density at radius 2 is 1.27 bits per heavy atom. The highest BCUT2D eigenvalue weighted by molar-refractivity contribution is 6.16. The van der Waals surface area contributed by atoms with Crippen molar-refractivity contribution in [2.45, 2.75) is 6.92 Å². The first-order valence-electron chi connectivity index (χ1n) is 7.45. The summed E-state index contributed by atoms with van der Waals surface area (Å²) in [7, 11) is 0. The molecule has 22 heavy (non-hydrogen) atoms. The largest absolute Gasteiger partial charge is 0.507 e. The molecular formula is C21H16O. The van der Waals surface area contributed by atoms with Crippen molar-refractivity contribution in [2.75, 3.05) is 0 Å². The summed E-state index contributed by atoms with van der Waals surface area (Å²) < 4.78 is 0. The van der Waals surface area contributed by atoms with Crippen LogP contribution in [0.2, 0.25) is 0 Å². The Hall–Kier alpha value is -2.80. The summed E-state index contributed by atoms with van der Waals surface area (Å²) in [6.07, 6.45) is 0. The van der Waals surface area contributed by atoms with Gasteiger partial charge in [0.25, 0.3) is 0 Å². The van der Waals surface area contributed by atoms with Crippen LogP contribution in [0.4, 0.5) is 0 Å². The first-order valence-corrected chi connectivity index (χ1v) is 7.45. The molecule has 1 N–H and O–H groups in total. The second-order valence-electron chi connectivity index (χ2n) is 5.68. The van der Waals surface area contributed by atoms with Gasteiger partial charge in [-0.2, -0.15) is 0 Å². The van der Waals surface area contributed by atoms with Gasteiger partial charge in [0.05, 0.1) is 0 Å². The van der Waals surface area contributed by atoms with Gasteiger partial charge in [0.1, 0.15) is 5.75 Å². The third-order valence-electron chi connectivity index (χ3n) is 4.21. The molecule has 0 heterocycles. The number of hydrogen-bond donors (Lipinski definition) is 1. The number of aromatic hydroxyl groups is 1. The molecular weight excluding hydrogens is 268 g/mol. The predicted molar refractivity (Wildman–Crippen MR) is 93.3 cm³/mol. The van der Waals surface area contributed by atoms with E-state index < -0.39 is 0 Å². The summed E-state index contributed by atoms with van der Waals surface area (Å²) in [5.74, 6) is 0.369. The van der Waals surface area contributed by atoms with Gasteiger partial charge in [-0.1, -0.05) is 72.3 Å². The van der Waals surface area contributed by atoms with Gasteiger partial charge in [-0.15, -0.1) is 0 Å². The van der Waals surface area contributed by atoms with E-state index in [0.717, 1.165) is 27.1 Å². The second-order valence-corrected chi connectivity index (χ2v) is 5.68. The third kappa shape index (κ3) is 1.86. The van der Waals surface area contributed by atoms with Crippen molar-refractivity contribution in [3.8, 4) is 16.9 Å². The van der Waals surface area contributed by atoms with E-state index in [1.165, 1.54) is 11.1 Å². The summed E-state index contributed by atoms with van der Waals surface area (Å²) in [5, 5.41) is 14.7. The number of rotatable bonds is 1. The summed E-state index contributed by atoms with van der Waals surface area (Å²) in [6, 6.07) is 24.7. The molecule has 4 rings (SSSR count). The Labute approximate surface area is 129 Å². The monoisotopic (exact) mass is 284 g/mol. The van der Waals surface area contributed by atoms with Crippen molar-refractivity contribution in [3.63, 3.8) is 0 Å². The lowest BCUT2D eigenvalue weighted by Gasteiger charge is -2.14. The van der Waals surface area contributed by atoms with Crippen molar-refractivity contribution in [1.29, 1.82) is 0 Å². The highest BCUT2D eigenvalue weighted by Crippen LogP contribution is 2.42. The van der Waals surface area contributed by atoms with Crippen molar-refractivity contribution < 1.29 is 5.11 Å². The van der Waals surface area contributed by atoms with E-state index in [0.29, 0.717) is 5.75 Å². The van der Waals surface area contributed by atoms with Crippen LogP contribution in [0.25, 0.3) is 32.7 Å². The highest BCUT2D eigenvalue weighted by atomic mass is 16.3. The molecule has 0 bridgehead atoms. The molecule has 0 saturated heterocycles. The van der Waals surface area contributed by atoms with Crippen LogP contribution in [-0.2, 0) is 0 Å². The summed E-state index contributed by atoms with van der Waals surface area (Å²) in [6.45, 7) is 2.05. The fraction of sp³-hybridized carbons (Fsp3) is 0.0476. The van der Waals surface area contributed by atoms with Gasteiger partial charge in [-0.3, -0.25) is 0 Å². The molecule has 0 radical (unpaired) electrons. The van der Waals surface area contributed by atoms with Gasteiger partial charge in [-0.25, -0.2) is 0 Å². The Bertz CT molecular complexity index is 985. The van der Waals surface area contributed by atoms with Crippen LogP contribution < -0.4 is 0 Å². The summed E-state index contributed by atoms with van der Waals surface area (Å²) in [5.41, 5.74) is 3.51. The molecule has 0 spiro atoms. The Balaban J connectivity index is 2.27. The lowest BCUT2D eigenvalue weighted by atomic mass is 9.90. The average Bonchev–Trinajstić information content (AvgIpc) is 2.57. The molecule has 1 nitrogen and oxygen atoms in total. The number of fused-ring (bicyclic) bond motifs is 2. The first-order chi connectivity index (χ1) is 10.8. The fourth-order valence-corrected chi connectivity index (χ4v) is 3.19. The molecule has 0 amide bonds. The number of benzene rings is 4. The van der Waals surface area contributed by atoms with Crippen molar-refractivity contribution in [1.82, 2.24) is 0 Å². The molecule has 0 aliphatic carbocycles. The summed E-state index contributed by atoms with van der Waals surface area (Å²) in [4.78, 5) is 0. The highest BCUT2D eigenvalue weighted by Gasteiger charge is 2.14. The van der Waals surface area contributed by atoms with E-state index >= 15 is 0 Å². The molecule has 0 saturated carbocycles. The minimum atomic E-state index is 0.369. The van der Waals surface area contributed by atoms with Gasteiger partial charge in [0, 0.05) is 10.8 Å². The number of aryl methyl sites for hydroxylation is 1. The van der Waals surface area contributed by atoms with Crippen LogP contribution >= 0.6 is 0 Å². The third-order valence-corrected chi connectivity index (χ3v) is 4.21. The standard InChI is InChI=1S/C21H16O/c1-14-11-12-17-19(13-14)21(22)18-10-6-5-9-16(18)20(17)15-7-3-2-4-8-15/h2-13,22H,1H3. The number of hydrogen-bond acceptors (Lipinski definition) is 1. The molecule has 0 aliphatic heterocycles. The SMILES string of the molecule is Cc1ccc2c(-c3ccccc3)c3ccccc3c(O)c2c1. The zero-order valence-electron chi connectivity index (χ0n) is 12.4. The molecule has 0 aliphatic rings. The van der Waals surface area contributed by atoms with Crippen molar-refractivity contribution in [2.24, 2.45) is 0 Å². The van der Waals surface area contributed by atoms with E-state index in [2.05, 4.69) is 55.5 Å². The quantitative estimate of drug-likeness (QED) is 0.446. The molecule has 0 atom stereocenters. The summed E-state index contributed by atoms with van der Waals surface area (Å²) >= 11 is 0. The van der Waals surface area contributed by atoms with Gasteiger partial charge >= 0.3 is 0 Å². The Morgan fingerprint density at radius 1 is 0.636 bits per heavy atom. The van der Waals surface area contributed by atoms with Crippen molar-refractivity contribution in [3.05, 3.63) is 78.4 Å². The van der Waals surface area contributed by atoms with Crippen LogP contribution in [-0.4, -0.2) is 5.11 Å². The Morgan fingerprint density at radius 3 is 2.05 bits per heavy atom. The maximum atomic E-state index is 10.7. The van der Waals surface area contributed by atoms with Gasteiger partial charge in [0.2, 0.25) is 0 Å². The van der Waals surface area contributed by atoms with E-state index in [-0.39, 0.29) is 0 Å². The normalized spacial score (nSPS) is 11.1. The molecule has 0 aromatic heterocycles. The van der Waals surface area contributed by atoms with E-state index in [1.807, 2.05) is 24.3 Å². The van der Waals surface area contributed by atoms with Gasteiger partial charge < -0.3 is 5.11 Å². The van der Waals surface area contributed by atoms with Crippen LogP contribution in [0.3, 0.4) is 0 Å². The smallest absolute Gasteiger partial charge is 0.131 e. The zero-order chi connectivity index (χ0) is 15.1. The lowest BCUT2D eigenvalue weighted by Crippen LogP contribution is -1.87. The number of phenolic OH excluding ortho intramolecular Hbond substituents is 1. The molecule has 1 heteroatoms. The molecule has 0 unspecified atom stereocenters. The molecule has 106 valence electrons. The first kappa shape index (κ1) is 12.9. The second kappa shape index (κ2) is 4.88. The van der Waals surface area contributed by atoms with E-state index in [9.17, 15) is 5.11 Å². The molecule has 0 fully saturated rings. The van der Waals surface area contributed by atoms with E-state index in [4.69, 9.17) is 0 Å². The minimum Gasteiger partial charge on any atom is -0.507 e. The molecule has 4 aromatic carbocycles. The van der Waals surface area contributed by atoms with E-state index in [1.54, 1.807) is 0 Å². The zero-order valence-corrected chi connectivity index (χ0v) is 12.4. The van der Waals surface area contributed by atoms with Crippen LogP contribution in [0.1, 0.15) is 5.56 Å². The molecule has 4 aromatic rings. The van der Waals surface area contributed by atoms with Crippen molar-refractivity contribution >= 4 is 21.5 Å². The number of phenols is 1. The van der Waals surface area contributed by atoms with Crippen LogP contribution in [0, 0.1) is 6.92 Å². The maximum Gasteiger partial charge on any atom is 0.131 e. The fourth-order valence-electron chi connectivity index (χ4n) is 3.19. The van der Waals surface area contributed by atoms with Gasteiger partial charge in [0.15, 0.2) is 0 Å². The average molecular weight is 284 g/mol. The van der Waals surface area contributed by atoms with Gasteiger partial charge in [-0.05, 0) is 34.9 Å². The Kier molecular flexibility index (Phi) is 2.87. The predicted octanol–water partition coefficient (Wildman–Crippen LogP) is 5.67. The minimum absolute atomic E-state index is 0.369. The lowest BCUT2D eigenvalue weighted by molar-refractivity contribution is 0.488.